The molecule has 2 N–H and O–H groups in total. The average Bonchev–Trinajstić information content (AvgIpc) is 3.61. The molecule has 0 unspecified atom stereocenters. The van der Waals surface area contributed by atoms with E-state index in [2.05, 4.69) is 30.7 Å². The van der Waals surface area contributed by atoms with E-state index in [1.165, 1.54) is 36.4 Å². The van der Waals surface area contributed by atoms with Gasteiger partial charge in [-0.3, -0.25) is 10.1 Å². The Morgan fingerprint density at radius 2 is 1.88 bits per heavy atom. The van der Waals surface area contributed by atoms with Crippen molar-refractivity contribution in [1.29, 1.82) is 0 Å². The van der Waals surface area contributed by atoms with Crippen LogP contribution in [0.5, 0.6) is 5.75 Å². The van der Waals surface area contributed by atoms with Crippen LogP contribution in [-0.4, -0.2) is 46.2 Å². The molecule has 42 heavy (non-hydrogen) atoms. The summed E-state index contributed by atoms with van der Waals surface area (Å²) in [5.41, 5.74) is 1.40. The minimum atomic E-state index is -4.60. The zero-order valence-electron chi connectivity index (χ0n) is 23.5. The third-order valence-electron chi connectivity index (χ3n) is 6.30. The number of benzene rings is 2. The lowest BCUT2D eigenvalue weighted by Gasteiger charge is -2.19. The maximum atomic E-state index is 13.7. The summed E-state index contributed by atoms with van der Waals surface area (Å²) in [7, 11) is 2.61. The van der Waals surface area contributed by atoms with E-state index in [0.29, 0.717) is 39.8 Å². The van der Waals surface area contributed by atoms with Crippen LogP contribution in [0.3, 0.4) is 0 Å². The molecule has 0 bridgehead atoms. The Morgan fingerprint density at radius 3 is 2.55 bits per heavy atom. The van der Waals surface area contributed by atoms with Crippen molar-refractivity contribution in [3.8, 4) is 22.0 Å². The van der Waals surface area contributed by atoms with Crippen molar-refractivity contribution in [1.82, 2.24) is 20.0 Å². The largest absolute Gasteiger partial charge is 0.494 e. The van der Waals surface area contributed by atoms with E-state index >= 15 is 0 Å². The van der Waals surface area contributed by atoms with Crippen molar-refractivity contribution >= 4 is 34.2 Å². The van der Waals surface area contributed by atoms with Crippen LogP contribution in [0.1, 0.15) is 47.3 Å². The second-order valence-electron chi connectivity index (χ2n) is 9.80. The Bertz CT molecular complexity index is 1600. The lowest BCUT2D eigenvalue weighted by molar-refractivity contribution is -0.137. The molecule has 2 aromatic carbocycles. The second-order valence-corrected chi connectivity index (χ2v) is 10.8. The van der Waals surface area contributed by atoms with Crippen LogP contribution in [0.15, 0.2) is 42.7 Å². The maximum absolute atomic E-state index is 13.7. The van der Waals surface area contributed by atoms with Gasteiger partial charge in [0, 0.05) is 11.8 Å². The van der Waals surface area contributed by atoms with Gasteiger partial charge in [0.15, 0.2) is 5.13 Å². The summed E-state index contributed by atoms with van der Waals surface area (Å²) in [6.07, 6.45) is -1.09. The first-order valence-corrected chi connectivity index (χ1v) is 13.6. The molecule has 2 heterocycles. The maximum Gasteiger partial charge on any atom is 0.416 e. The molecule has 0 aliphatic rings. The normalized spacial score (nSPS) is 11.5. The van der Waals surface area contributed by atoms with Crippen LogP contribution in [0, 0.1) is 12.8 Å². The molecule has 0 radical (unpaired) electrons. The summed E-state index contributed by atoms with van der Waals surface area (Å²) in [5, 5.41) is 13.7. The number of alkyl halides is 3. The topological polar surface area (TPSA) is 120 Å². The summed E-state index contributed by atoms with van der Waals surface area (Å²) in [6, 6.07) is 6.79. The predicted molar refractivity (Wildman–Crippen MR) is 152 cm³/mol. The van der Waals surface area contributed by atoms with Gasteiger partial charge in [-0.05, 0) is 61.1 Å². The highest BCUT2D eigenvalue weighted by Gasteiger charge is 2.33. The van der Waals surface area contributed by atoms with Crippen LogP contribution in [-0.2, 0) is 17.3 Å². The molecule has 10 nitrogen and oxygen atoms in total. The van der Waals surface area contributed by atoms with Gasteiger partial charge in [0.05, 0.1) is 42.2 Å². The third-order valence-corrected chi connectivity index (χ3v) is 7.24. The van der Waals surface area contributed by atoms with E-state index in [9.17, 15) is 22.8 Å². The molecule has 4 aromatic rings. The molecular formula is C28H29F3N6O4S. The van der Waals surface area contributed by atoms with Gasteiger partial charge < -0.3 is 14.8 Å². The van der Waals surface area contributed by atoms with Gasteiger partial charge in [0.2, 0.25) is 0 Å². The smallest absolute Gasteiger partial charge is 0.416 e. The van der Waals surface area contributed by atoms with Gasteiger partial charge in [0.1, 0.15) is 11.4 Å². The first kappa shape index (κ1) is 30.5. The van der Waals surface area contributed by atoms with E-state index in [0.717, 1.165) is 17.7 Å². The minimum Gasteiger partial charge on any atom is -0.494 e. The van der Waals surface area contributed by atoms with Crippen molar-refractivity contribution < 1.29 is 32.2 Å². The standard InChI is InChI=1S/C28H29F3N6O4S/c1-15(2)6-8-17-10-19(28(29,30)31)12-20(24(17)40-4)33-25(38)18-9-7-16(3)22(11-18)37-14-21(35-36-37)23-13-32-26(42-23)34-27(39)41-5/h7,9-15H,6,8H2,1-5H3,(H,33,38)(H,32,34,39). The number of nitrogens with zero attached hydrogens (tertiary/aromatic N) is 4. The van der Waals surface area contributed by atoms with Crippen molar-refractivity contribution in [2.24, 2.45) is 5.92 Å². The summed E-state index contributed by atoms with van der Waals surface area (Å²) in [4.78, 5) is 29.5. The number of thiazole rings is 1. The van der Waals surface area contributed by atoms with Gasteiger partial charge in [-0.15, -0.1) is 5.10 Å². The van der Waals surface area contributed by atoms with Crippen molar-refractivity contribution in [3.05, 3.63) is 65.0 Å². The number of aromatic nitrogens is 4. The molecule has 0 saturated heterocycles. The molecule has 0 spiro atoms. The van der Waals surface area contributed by atoms with Crippen LogP contribution in [0.4, 0.5) is 28.8 Å². The van der Waals surface area contributed by atoms with E-state index in [-0.39, 0.29) is 22.9 Å². The van der Waals surface area contributed by atoms with Gasteiger partial charge in [-0.2, -0.15) is 13.2 Å². The fraction of sp³-hybridized carbons (Fsp3) is 0.321. The number of carbonyl (C=O) groups is 2. The fourth-order valence-corrected chi connectivity index (χ4v) is 4.84. The first-order valence-electron chi connectivity index (χ1n) is 12.8. The van der Waals surface area contributed by atoms with Crippen LogP contribution < -0.4 is 15.4 Å². The number of ether oxygens (including phenoxy) is 2. The molecular weight excluding hydrogens is 573 g/mol. The molecule has 0 saturated carbocycles. The molecule has 0 aliphatic carbocycles. The van der Waals surface area contributed by atoms with Crippen LogP contribution in [0.2, 0.25) is 0 Å². The predicted octanol–water partition coefficient (Wildman–Crippen LogP) is 6.75. The summed E-state index contributed by atoms with van der Waals surface area (Å²) in [6.45, 7) is 5.78. The van der Waals surface area contributed by atoms with Gasteiger partial charge in [-0.1, -0.05) is 36.5 Å². The molecule has 4 rings (SSSR count). The van der Waals surface area contributed by atoms with Crippen LogP contribution >= 0.6 is 11.3 Å². The SMILES string of the molecule is COC(=O)Nc1ncc(-c2cn(-c3cc(C(=O)Nc4cc(C(F)(F)F)cc(CCC(C)C)c4OC)ccc3C)nn2)s1. The summed E-state index contributed by atoms with van der Waals surface area (Å²) >= 11 is 1.17. The number of carbonyl (C=O) groups excluding carboxylic acids is 2. The first-order chi connectivity index (χ1) is 19.9. The number of nitrogens with one attached hydrogen (secondary N) is 2. The van der Waals surface area contributed by atoms with Gasteiger partial charge in [-0.25, -0.2) is 14.5 Å². The molecule has 222 valence electrons. The third kappa shape index (κ3) is 7.05. The number of hydrogen-bond donors (Lipinski definition) is 2. The number of aryl methyl sites for hydroxylation is 2. The number of anilines is 2. The Hall–Kier alpha value is -4.46. The number of methoxy groups -OCH3 is 2. The molecule has 0 atom stereocenters. The Kier molecular flexibility index (Phi) is 9.14. The highest BCUT2D eigenvalue weighted by atomic mass is 32.1. The minimum absolute atomic E-state index is 0.0668. The highest BCUT2D eigenvalue weighted by molar-refractivity contribution is 7.19. The number of halogens is 3. The molecule has 2 aromatic heterocycles. The lowest BCUT2D eigenvalue weighted by atomic mass is 9.98. The quantitative estimate of drug-likeness (QED) is 0.218. The van der Waals surface area contributed by atoms with Crippen molar-refractivity contribution in [3.63, 3.8) is 0 Å². The van der Waals surface area contributed by atoms with E-state index in [1.54, 1.807) is 24.4 Å². The van der Waals surface area contributed by atoms with Gasteiger partial charge in [0.25, 0.3) is 5.91 Å². The van der Waals surface area contributed by atoms with E-state index < -0.39 is 23.7 Å². The number of amides is 2. The Labute approximate surface area is 243 Å². The lowest BCUT2D eigenvalue weighted by Crippen LogP contribution is -2.16. The van der Waals surface area contributed by atoms with Crippen LogP contribution in [0.25, 0.3) is 16.3 Å². The van der Waals surface area contributed by atoms with E-state index in [4.69, 9.17) is 4.74 Å². The average molecular weight is 603 g/mol. The second kappa shape index (κ2) is 12.6. The molecule has 2 amide bonds. The number of hydrogen-bond acceptors (Lipinski definition) is 8. The van der Waals surface area contributed by atoms with Crippen molar-refractivity contribution in [2.45, 2.75) is 39.8 Å². The Balaban J connectivity index is 1.62. The van der Waals surface area contributed by atoms with Gasteiger partial charge >= 0.3 is 12.3 Å². The zero-order chi connectivity index (χ0) is 30.6. The van der Waals surface area contributed by atoms with Crippen molar-refractivity contribution in [2.75, 3.05) is 24.9 Å². The highest BCUT2D eigenvalue weighted by Crippen LogP contribution is 2.39. The molecule has 0 aliphatic heterocycles. The summed E-state index contributed by atoms with van der Waals surface area (Å²) < 4.78 is 52.7. The fourth-order valence-electron chi connectivity index (χ4n) is 4.09. The molecule has 0 fully saturated rings. The molecule has 14 heteroatoms. The monoisotopic (exact) mass is 602 g/mol. The Morgan fingerprint density at radius 1 is 1.12 bits per heavy atom. The summed E-state index contributed by atoms with van der Waals surface area (Å²) in [5.74, 6) is -0.166. The van der Waals surface area contributed by atoms with E-state index in [1.807, 2.05) is 20.8 Å². The number of rotatable bonds is 9. The zero-order valence-corrected chi connectivity index (χ0v) is 24.3.